The lowest BCUT2D eigenvalue weighted by molar-refractivity contribution is -0.123. The van der Waals surface area contributed by atoms with Crippen molar-refractivity contribution in [3.8, 4) is 5.75 Å². The quantitative estimate of drug-likeness (QED) is 0.601. The molecule has 2 amide bonds. The average Bonchev–Trinajstić information content (AvgIpc) is 2.60. The summed E-state index contributed by atoms with van der Waals surface area (Å²) in [6, 6.07) is 14.2. The zero-order chi connectivity index (χ0) is 17.2. The molecule has 0 radical (unpaired) electrons. The fourth-order valence-electron chi connectivity index (χ4n) is 1.75. The van der Waals surface area contributed by atoms with Gasteiger partial charge in [-0.1, -0.05) is 24.3 Å². The molecule has 7 heteroatoms. The van der Waals surface area contributed by atoms with Crippen LogP contribution in [-0.4, -0.2) is 29.1 Å². The smallest absolute Gasteiger partial charge is 0.277 e. The largest absolute Gasteiger partial charge is 0.484 e. The molecule has 0 spiro atoms. The van der Waals surface area contributed by atoms with Gasteiger partial charge >= 0.3 is 0 Å². The monoisotopic (exact) mass is 326 g/mol. The van der Waals surface area contributed by atoms with Crippen molar-refractivity contribution in [1.29, 1.82) is 0 Å². The number of pyridine rings is 1. The topological polar surface area (TPSA) is 92.7 Å². The van der Waals surface area contributed by atoms with Crippen LogP contribution in [0.15, 0.2) is 59.8 Å². The van der Waals surface area contributed by atoms with Gasteiger partial charge in [0.05, 0.1) is 6.42 Å². The zero-order valence-electron chi connectivity index (χ0n) is 13.2. The van der Waals surface area contributed by atoms with E-state index in [2.05, 4.69) is 20.8 Å². The number of rotatable bonds is 7. The Balaban J connectivity index is 1.72. The minimum atomic E-state index is -0.400. The molecule has 1 heterocycles. The third-order valence-electron chi connectivity index (χ3n) is 2.83. The Morgan fingerprint density at radius 2 is 1.83 bits per heavy atom. The summed E-state index contributed by atoms with van der Waals surface area (Å²) in [6.07, 6.45) is 1.64. The molecule has 2 N–H and O–H groups in total. The van der Waals surface area contributed by atoms with Crippen molar-refractivity contribution in [3.05, 3.63) is 54.7 Å². The number of amides is 2. The maximum atomic E-state index is 11.8. The number of carbonyl (C=O) groups is 2. The van der Waals surface area contributed by atoms with Gasteiger partial charge in [0.2, 0.25) is 5.91 Å². The second-order valence-electron chi connectivity index (χ2n) is 4.92. The molecule has 1 aromatic heterocycles. The number of para-hydroxylation sites is 1. The highest BCUT2D eigenvalue weighted by molar-refractivity contribution is 6.05. The van der Waals surface area contributed by atoms with E-state index in [0.717, 1.165) is 0 Å². The number of benzene rings is 1. The highest BCUT2D eigenvalue weighted by Crippen LogP contribution is 2.07. The number of aromatic nitrogens is 1. The number of ether oxygens (including phenoxy) is 1. The summed E-state index contributed by atoms with van der Waals surface area (Å²) in [6.45, 7) is 1.50. The van der Waals surface area contributed by atoms with Gasteiger partial charge in [0.1, 0.15) is 11.6 Å². The van der Waals surface area contributed by atoms with E-state index in [-0.39, 0.29) is 18.9 Å². The van der Waals surface area contributed by atoms with Gasteiger partial charge in [-0.15, -0.1) is 0 Å². The number of carbonyl (C=O) groups excluding carboxylic acids is 2. The molecule has 1 aromatic carbocycles. The van der Waals surface area contributed by atoms with Gasteiger partial charge < -0.3 is 10.1 Å². The lowest BCUT2D eigenvalue weighted by atomic mass is 10.3. The van der Waals surface area contributed by atoms with E-state index in [9.17, 15) is 9.59 Å². The van der Waals surface area contributed by atoms with Crippen LogP contribution in [0.4, 0.5) is 5.82 Å². The van der Waals surface area contributed by atoms with Crippen LogP contribution in [-0.2, 0) is 9.59 Å². The lowest BCUT2D eigenvalue weighted by Gasteiger charge is -2.06. The van der Waals surface area contributed by atoms with Crippen molar-refractivity contribution in [2.45, 2.75) is 13.3 Å². The zero-order valence-corrected chi connectivity index (χ0v) is 13.2. The maximum absolute atomic E-state index is 11.8. The van der Waals surface area contributed by atoms with Crippen molar-refractivity contribution < 1.29 is 14.3 Å². The molecule has 0 unspecified atom stereocenters. The number of hydrogen-bond donors (Lipinski definition) is 2. The molecule has 24 heavy (non-hydrogen) atoms. The third-order valence-corrected chi connectivity index (χ3v) is 2.83. The third kappa shape index (κ3) is 6.27. The lowest BCUT2D eigenvalue weighted by Crippen LogP contribution is -2.26. The highest BCUT2D eigenvalue weighted by Gasteiger charge is 2.06. The van der Waals surface area contributed by atoms with Crippen molar-refractivity contribution in [1.82, 2.24) is 10.4 Å². The summed E-state index contributed by atoms with van der Waals surface area (Å²) in [5.41, 5.74) is 2.82. The van der Waals surface area contributed by atoms with E-state index in [1.165, 1.54) is 0 Å². The molecule has 0 saturated carbocycles. The van der Waals surface area contributed by atoms with E-state index in [4.69, 9.17) is 4.74 Å². The Labute approximate surface area is 139 Å². The molecule has 0 aliphatic rings. The van der Waals surface area contributed by atoms with Crippen LogP contribution in [0, 0.1) is 0 Å². The van der Waals surface area contributed by atoms with Crippen LogP contribution < -0.4 is 15.5 Å². The first-order valence-electron chi connectivity index (χ1n) is 7.34. The second kappa shape index (κ2) is 9.04. The summed E-state index contributed by atoms with van der Waals surface area (Å²) in [5.74, 6) is 0.409. The Morgan fingerprint density at radius 3 is 2.54 bits per heavy atom. The first-order chi connectivity index (χ1) is 11.6. The summed E-state index contributed by atoms with van der Waals surface area (Å²) in [5, 5.41) is 6.51. The number of nitrogens with zero attached hydrogens (tertiary/aromatic N) is 2. The molecule has 7 nitrogen and oxygen atoms in total. The van der Waals surface area contributed by atoms with Crippen molar-refractivity contribution in [2.24, 2.45) is 5.10 Å². The van der Waals surface area contributed by atoms with Gasteiger partial charge in [0.15, 0.2) is 6.61 Å². The number of hydrogen-bond acceptors (Lipinski definition) is 5. The molecule has 0 fully saturated rings. The minimum Gasteiger partial charge on any atom is -0.484 e. The second-order valence-corrected chi connectivity index (χ2v) is 4.92. The van der Waals surface area contributed by atoms with Gasteiger partial charge in [-0.25, -0.2) is 10.4 Å². The Bertz CT molecular complexity index is 702. The van der Waals surface area contributed by atoms with Gasteiger partial charge in [0, 0.05) is 11.9 Å². The molecule has 2 rings (SSSR count). The van der Waals surface area contributed by atoms with E-state index < -0.39 is 5.91 Å². The van der Waals surface area contributed by atoms with Crippen LogP contribution in [0.3, 0.4) is 0 Å². The molecular formula is C17H18N4O3. The Hall–Kier alpha value is -3.22. The predicted molar refractivity (Wildman–Crippen MR) is 90.7 cm³/mol. The van der Waals surface area contributed by atoms with Crippen LogP contribution in [0.25, 0.3) is 0 Å². The van der Waals surface area contributed by atoms with Gasteiger partial charge in [-0.05, 0) is 31.2 Å². The van der Waals surface area contributed by atoms with Crippen LogP contribution in [0.5, 0.6) is 5.75 Å². The molecular weight excluding hydrogens is 308 g/mol. The first kappa shape index (κ1) is 17.1. The molecule has 0 bridgehead atoms. The predicted octanol–water partition coefficient (Wildman–Crippen LogP) is 1.98. The number of hydrazone groups is 1. The summed E-state index contributed by atoms with van der Waals surface area (Å²) >= 11 is 0. The van der Waals surface area contributed by atoms with Crippen LogP contribution in [0.2, 0.25) is 0 Å². The Morgan fingerprint density at radius 1 is 1.08 bits per heavy atom. The first-order valence-corrected chi connectivity index (χ1v) is 7.34. The average molecular weight is 326 g/mol. The summed E-state index contributed by atoms with van der Waals surface area (Å²) in [4.78, 5) is 27.4. The molecule has 0 saturated heterocycles. The normalized spacial score (nSPS) is 10.8. The molecule has 0 aliphatic heterocycles. The van der Waals surface area contributed by atoms with Crippen LogP contribution >= 0.6 is 0 Å². The van der Waals surface area contributed by atoms with Crippen LogP contribution in [0.1, 0.15) is 13.3 Å². The fraction of sp³-hybridized carbons (Fsp3) is 0.176. The standard InChI is InChI=1S/C17H18N4O3/c1-13(11-16(22)19-15-9-5-6-10-18-15)20-21-17(23)12-24-14-7-3-2-4-8-14/h2-10H,11-12H2,1H3,(H,21,23)(H,18,19,22)/b20-13+. The SMILES string of the molecule is C/C(CC(=O)Nc1ccccn1)=N\NC(=O)COc1ccccc1. The molecule has 2 aromatic rings. The van der Waals surface area contributed by atoms with E-state index >= 15 is 0 Å². The van der Waals surface area contributed by atoms with E-state index in [0.29, 0.717) is 17.3 Å². The summed E-state index contributed by atoms with van der Waals surface area (Å²) < 4.78 is 5.29. The number of nitrogens with one attached hydrogen (secondary N) is 2. The molecule has 124 valence electrons. The molecule has 0 aliphatic carbocycles. The van der Waals surface area contributed by atoms with Crippen molar-refractivity contribution in [2.75, 3.05) is 11.9 Å². The Kier molecular flexibility index (Phi) is 6.46. The van der Waals surface area contributed by atoms with E-state index in [1.807, 2.05) is 18.2 Å². The number of anilines is 1. The fourth-order valence-corrected chi connectivity index (χ4v) is 1.75. The molecule has 0 atom stereocenters. The van der Waals surface area contributed by atoms with E-state index in [1.54, 1.807) is 43.5 Å². The van der Waals surface area contributed by atoms with Gasteiger partial charge in [-0.3, -0.25) is 9.59 Å². The summed E-state index contributed by atoms with van der Waals surface area (Å²) in [7, 11) is 0. The van der Waals surface area contributed by atoms with Crippen molar-refractivity contribution >= 4 is 23.3 Å². The highest BCUT2D eigenvalue weighted by atomic mass is 16.5. The minimum absolute atomic E-state index is 0.0520. The van der Waals surface area contributed by atoms with Crippen molar-refractivity contribution in [3.63, 3.8) is 0 Å². The van der Waals surface area contributed by atoms with Gasteiger partial charge in [0.25, 0.3) is 5.91 Å². The maximum Gasteiger partial charge on any atom is 0.277 e. The van der Waals surface area contributed by atoms with Gasteiger partial charge in [-0.2, -0.15) is 5.10 Å².